The van der Waals surface area contributed by atoms with E-state index in [0.717, 1.165) is 38.2 Å². The molecule has 1 fully saturated rings. The minimum absolute atomic E-state index is 0.237. The van der Waals surface area contributed by atoms with Crippen molar-refractivity contribution in [2.75, 3.05) is 38.2 Å². The van der Waals surface area contributed by atoms with E-state index >= 15 is 0 Å². The monoisotopic (exact) mass is 526 g/mol. The van der Waals surface area contributed by atoms with Crippen LogP contribution in [0.2, 0.25) is 0 Å². The van der Waals surface area contributed by atoms with E-state index in [1.54, 1.807) is 4.90 Å². The minimum atomic E-state index is -0.465. The number of nitrogens with zero attached hydrogens (tertiary/aromatic N) is 2. The molecular weight excluding hydrogens is 484 g/mol. The summed E-state index contributed by atoms with van der Waals surface area (Å²) in [6, 6.07) is 26.6. The van der Waals surface area contributed by atoms with Crippen LogP contribution in [0, 0.1) is 12.8 Å². The molecule has 0 aliphatic carbocycles. The van der Waals surface area contributed by atoms with Crippen molar-refractivity contribution in [1.82, 2.24) is 4.90 Å². The summed E-state index contributed by atoms with van der Waals surface area (Å²) in [4.78, 5) is 16.6. The van der Waals surface area contributed by atoms with E-state index in [1.165, 1.54) is 27.9 Å². The maximum atomic E-state index is 12.4. The topological polar surface area (TPSA) is 42.0 Å². The number of carbonyl (C=O) groups is 1. The van der Waals surface area contributed by atoms with Gasteiger partial charge in [0.15, 0.2) is 0 Å². The molecule has 0 spiro atoms. The summed E-state index contributed by atoms with van der Waals surface area (Å²) >= 11 is 0. The molecular formula is C34H42N2O3. The third kappa shape index (κ3) is 6.41. The Hall–Kier alpha value is -3.47. The van der Waals surface area contributed by atoms with Crippen molar-refractivity contribution in [3.05, 3.63) is 95.1 Å². The summed E-state index contributed by atoms with van der Waals surface area (Å²) in [5.41, 5.74) is 5.94. The summed E-state index contributed by atoms with van der Waals surface area (Å²) in [6.45, 7) is 11.3. The van der Waals surface area contributed by atoms with Gasteiger partial charge in [-0.05, 0) is 81.3 Å². The Morgan fingerprint density at radius 2 is 1.67 bits per heavy atom. The van der Waals surface area contributed by atoms with Crippen LogP contribution in [0.4, 0.5) is 10.5 Å². The molecule has 3 aromatic rings. The molecule has 5 heteroatoms. The second kappa shape index (κ2) is 11.3. The van der Waals surface area contributed by atoms with Gasteiger partial charge in [-0.15, -0.1) is 0 Å². The fourth-order valence-electron chi connectivity index (χ4n) is 5.98. The van der Waals surface area contributed by atoms with E-state index in [9.17, 15) is 4.79 Å². The van der Waals surface area contributed by atoms with Crippen LogP contribution in [0.1, 0.15) is 67.7 Å². The number of carbonyl (C=O) groups excluding carboxylic acids is 1. The predicted molar refractivity (Wildman–Crippen MR) is 158 cm³/mol. The standard InChI is InChI=1S/C34H42N2O3/c1-24-11-16-29-31(21-24)38-23-30(26-9-7-6-8-10-26)32(29)27-12-14-28(15-13-27)36-19-17-25(18-20-36)22-35(5)33(37)39-34(2,3)4/h6-16,21,25,30,32H,17-20,22-23H2,1-5H3/t30-,32-/m1/s1. The maximum absolute atomic E-state index is 12.4. The van der Waals surface area contributed by atoms with Gasteiger partial charge in [-0.1, -0.05) is 54.6 Å². The molecule has 0 N–H and O–H groups in total. The summed E-state index contributed by atoms with van der Waals surface area (Å²) in [5.74, 6) is 2.02. The molecule has 5 nitrogen and oxygen atoms in total. The molecule has 3 aromatic carbocycles. The molecule has 2 aliphatic rings. The van der Waals surface area contributed by atoms with E-state index < -0.39 is 5.60 Å². The molecule has 0 saturated carbocycles. The van der Waals surface area contributed by atoms with Crippen molar-refractivity contribution in [2.45, 2.75) is 58.0 Å². The Kier molecular flexibility index (Phi) is 7.88. The van der Waals surface area contributed by atoms with Crippen molar-refractivity contribution in [2.24, 2.45) is 5.92 Å². The highest BCUT2D eigenvalue weighted by Crippen LogP contribution is 2.46. The van der Waals surface area contributed by atoms with Crippen LogP contribution in [-0.2, 0) is 4.74 Å². The molecule has 2 aliphatic heterocycles. The van der Waals surface area contributed by atoms with Gasteiger partial charge in [0.05, 0.1) is 6.61 Å². The molecule has 0 aromatic heterocycles. The molecule has 39 heavy (non-hydrogen) atoms. The lowest BCUT2D eigenvalue weighted by Gasteiger charge is -2.36. The lowest BCUT2D eigenvalue weighted by atomic mass is 9.75. The predicted octanol–water partition coefficient (Wildman–Crippen LogP) is 7.39. The normalized spacial score (nSPS) is 19.7. The zero-order valence-corrected chi connectivity index (χ0v) is 24.0. The highest BCUT2D eigenvalue weighted by molar-refractivity contribution is 5.67. The van der Waals surface area contributed by atoms with Gasteiger partial charge in [-0.2, -0.15) is 0 Å². The van der Waals surface area contributed by atoms with Crippen LogP contribution in [0.15, 0.2) is 72.8 Å². The quantitative estimate of drug-likeness (QED) is 0.348. The average Bonchev–Trinajstić information content (AvgIpc) is 2.92. The van der Waals surface area contributed by atoms with Gasteiger partial charge in [0.1, 0.15) is 11.4 Å². The Balaban J connectivity index is 1.27. The first-order valence-electron chi connectivity index (χ1n) is 14.3. The van der Waals surface area contributed by atoms with Crippen molar-refractivity contribution in [1.29, 1.82) is 0 Å². The lowest BCUT2D eigenvalue weighted by molar-refractivity contribution is 0.0266. The number of amides is 1. The number of fused-ring (bicyclic) bond motifs is 1. The fourth-order valence-corrected chi connectivity index (χ4v) is 5.98. The molecule has 1 saturated heterocycles. The minimum Gasteiger partial charge on any atom is -0.493 e. The van der Waals surface area contributed by atoms with Gasteiger partial charge in [0, 0.05) is 49.8 Å². The van der Waals surface area contributed by atoms with Crippen LogP contribution in [-0.4, -0.2) is 49.9 Å². The molecule has 0 unspecified atom stereocenters. The summed E-state index contributed by atoms with van der Waals surface area (Å²) in [7, 11) is 1.84. The van der Waals surface area contributed by atoms with Gasteiger partial charge >= 0.3 is 6.09 Å². The van der Waals surface area contributed by atoms with E-state index in [0.29, 0.717) is 12.5 Å². The largest absolute Gasteiger partial charge is 0.493 e. The van der Waals surface area contributed by atoms with Crippen LogP contribution >= 0.6 is 0 Å². The molecule has 206 valence electrons. The summed E-state index contributed by atoms with van der Waals surface area (Å²) in [5, 5.41) is 0. The number of benzene rings is 3. The highest BCUT2D eigenvalue weighted by Gasteiger charge is 2.33. The Labute approximate surface area is 233 Å². The number of aryl methyl sites for hydroxylation is 1. The molecule has 0 bridgehead atoms. The Morgan fingerprint density at radius 3 is 2.33 bits per heavy atom. The number of hydrogen-bond donors (Lipinski definition) is 0. The maximum Gasteiger partial charge on any atom is 0.410 e. The first-order valence-corrected chi connectivity index (χ1v) is 14.3. The van der Waals surface area contributed by atoms with Crippen LogP contribution in [0.3, 0.4) is 0 Å². The van der Waals surface area contributed by atoms with Crippen LogP contribution in [0.25, 0.3) is 0 Å². The number of piperidine rings is 1. The third-order valence-corrected chi connectivity index (χ3v) is 8.02. The lowest BCUT2D eigenvalue weighted by Crippen LogP contribution is -2.41. The Morgan fingerprint density at radius 1 is 0.974 bits per heavy atom. The van der Waals surface area contributed by atoms with E-state index in [2.05, 4.69) is 84.6 Å². The molecule has 2 atom stereocenters. The molecule has 5 rings (SSSR count). The van der Waals surface area contributed by atoms with Crippen molar-refractivity contribution < 1.29 is 14.3 Å². The number of anilines is 1. The van der Waals surface area contributed by atoms with Gasteiger partial charge in [-0.3, -0.25) is 0 Å². The van der Waals surface area contributed by atoms with Crippen LogP contribution in [0.5, 0.6) is 5.75 Å². The Bertz CT molecular complexity index is 1260. The summed E-state index contributed by atoms with van der Waals surface area (Å²) in [6.07, 6.45) is 1.90. The fraction of sp³-hybridized carbons (Fsp3) is 0.441. The number of rotatable bonds is 5. The summed E-state index contributed by atoms with van der Waals surface area (Å²) < 4.78 is 11.8. The van der Waals surface area contributed by atoms with Gasteiger partial charge in [0.2, 0.25) is 0 Å². The SMILES string of the molecule is Cc1ccc2c(c1)OC[C@H](c1ccccc1)[C@@H]2c1ccc(N2CCC(CN(C)C(=O)OC(C)(C)C)CC2)cc1. The number of ether oxygens (including phenoxy) is 2. The van der Waals surface area contributed by atoms with Gasteiger partial charge in [0.25, 0.3) is 0 Å². The van der Waals surface area contributed by atoms with E-state index in [1.807, 2.05) is 27.8 Å². The van der Waals surface area contributed by atoms with Crippen molar-refractivity contribution in [3.8, 4) is 5.75 Å². The zero-order chi connectivity index (χ0) is 27.6. The van der Waals surface area contributed by atoms with Gasteiger partial charge in [-0.25, -0.2) is 4.79 Å². The first kappa shape index (κ1) is 27.1. The van der Waals surface area contributed by atoms with Crippen molar-refractivity contribution >= 4 is 11.8 Å². The smallest absolute Gasteiger partial charge is 0.410 e. The van der Waals surface area contributed by atoms with Crippen molar-refractivity contribution in [3.63, 3.8) is 0 Å². The molecule has 2 heterocycles. The van der Waals surface area contributed by atoms with E-state index in [4.69, 9.17) is 9.47 Å². The van der Waals surface area contributed by atoms with Crippen LogP contribution < -0.4 is 9.64 Å². The van der Waals surface area contributed by atoms with Gasteiger partial charge < -0.3 is 19.3 Å². The molecule has 0 radical (unpaired) electrons. The van der Waals surface area contributed by atoms with E-state index in [-0.39, 0.29) is 17.9 Å². The second-order valence-corrected chi connectivity index (χ2v) is 12.2. The third-order valence-electron chi connectivity index (χ3n) is 8.02. The highest BCUT2D eigenvalue weighted by atomic mass is 16.6. The average molecular weight is 527 g/mol. The second-order valence-electron chi connectivity index (χ2n) is 12.2. The zero-order valence-electron chi connectivity index (χ0n) is 24.0. The first-order chi connectivity index (χ1) is 18.7. The number of hydrogen-bond acceptors (Lipinski definition) is 4. The molecule has 1 amide bonds.